The molecule has 1 saturated heterocycles. The molecule has 3 aromatic rings. The smallest absolute Gasteiger partial charge is 0.259 e. The normalized spacial score (nSPS) is 14.0. The molecule has 4 rings (SSSR count). The van der Waals surface area contributed by atoms with Gasteiger partial charge in [0.05, 0.1) is 45.9 Å². The molecule has 0 unspecified atom stereocenters. The Labute approximate surface area is 217 Å². The summed E-state index contributed by atoms with van der Waals surface area (Å²) in [6, 6.07) is 14.8. The van der Waals surface area contributed by atoms with Crippen LogP contribution in [0.1, 0.15) is 22.3 Å². The van der Waals surface area contributed by atoms with Crippen LogP contribution in [0.25, 0.3) is 0 Å². The van der Waals surface area contributed by atoms with Gasteiger partial charge in [0.2, 0.25) is 0 Å². The first-order valence-corrected chi connectivity index (χ1v) is 12.2. The number of nitrogens with zero attached hydrogens (tertiary/aromatic N) is 3. The summed E-state index contributed by atoms with van der Waals surface area (Å²) >= 11 is 0. The average Bonchev–Trinajstić information content (AvgIpc) is 3.18. The molecule has 1 amide bonds. The van der Waals surface area contributed by atoms with Crippen LogP contribution in [0.4, 0.5) is 11.5 Å². The quantitative estimate of drug-likeness (QED) is 0.465. The molecule has 0 radical (unpaired) electrons. The first-order chi connectivity index (χ1) is 18.0. The van der Waals surface area contributed by atoms with Gasteiger partial charge in [-0.3, -0.25) is 9.69 Å². The van der Waals surface area contributed by atoms with E-state index in [-0.39, 0.29) is 5.91 Å². The number of nitrogens with one attached hydrogen (secondary N) is 1. The van der Waals surface area contributed by atoms with Crippen LogP contribution in [0.2, 0.25) is 0 Å². The number of benzene rings is 2. The van der Waals surface area contributed by atoms with Gasteiger partial charge in [-0.05, 0) is 48.9 Å². The van der Waals surface area contributed by atoms with Crippen molar-refractivity contribution < 1.29 is 23.7 Å². The Bertz CT molecular complexity index is 1200. The minimum absolute atomic E-state index is 0.271. The second-order valence-electron chi connectivity index (χ2n) is 8.72. The van der Waals surface area contributed by atoms with E-state index in [9.17, 15) is 4.79 Å². The van der Waals surface area contributed by atoms with E-state index in [1.54, 1.807) is 45.7 Å². The van der Waals surface area contributed by atoms with Crippen molar-refractivity contribution in [2.24, 2.45) is 0 Å². The summed E-state index contributed by atoms with van der Waals surface area (Å²) in [5.41, 5.74) is 2.16. The van der Waals surface area contributed by atoms with Crippen LogP contribution in [-0.2, 0) is 6.54 Å². The fourth-order valence-corrected chi connectivity index (χ4v) is 4.44. The third-order valence-electron chi connectivity index (χ3n) is 6.45. The fourth-order valence-electron chi connectivity index (χ4n) is 4.44. The van der Waals surface area contributed by atoms with E-state index in [2.05, 4.69) is 20.1 Å². The summed E-state index contributed by atoms with van der Waals surface area (Å²) in [6.07, 6.45) is 2.71. The standard InChI is InChI=1S/C28H34N4O5/c1-34-22-8-10-25(36-3)20(16-22)19-31-12-5-13-32(15-14-31)27-11-6-21(18-29-27)30-28(33)24-9-7-23(35-2)17-26(24)37-4/h6-11,16-18H,5,12-15,19H2,1-4H3,(H,30,33). The first-order valence-electron chi connectivity index (χ1n) is 12.2. The van der Waals surface area contributed by atoms with E-state index in [0.29, 0.717) is 22.7 Å². The Morgan fingerprint density at radius 1 is 0.838 bits per heavy atom. The first kappa shape index (κ1) is 26.1. The molecule has 2 aromatic carbocycles. The van der Waals surface area contributed by atoms with Crippen LogP contribution < -0.4 is 29.2 Å². The molecule has 0 atom stereocenters. The molecule has 2 heterocycles. The molecule has 0 aliphatic carbocycles. The van der Waals surface area contributed by atoms with Crippen molar-refractivity contribution in [1.82, 2.24) is 9.88 Å². The summed E-state index contributed by atoms with van der Waals surface area (Å²) in [5.74, 6) is 3.39. The van der Waals surface area contributed by atoms with Crippen LogP contribution in [-0.4, -0.2) is 70.4 Å². The number of pyridine rings is 1. The highest BCUT2D eigenvalue weighted by Crippen LogP contribution is 2.27. The lowest BCUT2D eigenvalue weighted by molar-refractivity contribution is 0.102. The summed E-state index contributed by atoms with van der Waals surface area (Å²) in [4.78, 5) is 22.1. The van der Waals surface area contributed by atoms with E-state index in [1.165, 1.54) is 7.11 Å². The van der Waals surface area contributed by atoms with E-state index >= 15 is 0 Å². The third-order valence-corrected chi connectivity index (χ3v) is 6.45. The van der Waals surface area contributed by atoms with Crippen LogP contribution in [0.15, 0.2) is 54.7 Å². The Morgan fingerprint density at radius 3 is 2.30 bits per heavy atom. The van der Waals surface area contributed by atoms with E-state index < -0.39 is 0 Å². The largest absolute Gasteiger partial charge is 0.497 e. The predicted octanol–water partition coefficient (Wildman–Crippen LogP) is 4.08. The van der Waals surface area contributed by atoms with Crippen LogP contribution in [0.5, 0.6) is 23.0 Å². The van der Waals surface area contributed by atoms with Gasteiger partial charge in [0.1, 0.15) is 28.8 Å². The Hall–Kier alpha value is -3.98. The van der Waals surface area contributed by atoms with Gasteiger partial charge in [-0.1, -0.05) is 0 Å². The number of aromatic nitrogens is 1. The summed E-state index contributed by atoms with van der Waals surface area (Å²) in [7, 11) is 6.47. The highest BCUT2D eigenvalue weighted by Gasteiger charge is 2.19. The molecule has 1 fully saturated rings. The number of carbonyl (C=O) groups is 1. The zero-order chi connectivity index (χ0) is 26.2. The number of carbonyl (C=O) groups excluding carboxylic acids is 1. The molecule has 37 heavy (non-hydrogen) atoms. The molecule has 0 bridgehead atoms. The number of methoxy groups -OCH3 is 4. The highest BCUT2D eigenvalue weighted by molar-refractivity contribution is 6.06. The molecule has 0 spiro atoms. The van der Waals surface area contributed by atoms with Gasteiger partial charge in [0, 0.05) is 44.4 Å². The summed E-state index contributed by atoms with van der Waals surface area (Å²) in [6.45, 7) is 4.44. The predicted molar refractivity (Wildman–Crippen MR) is 143 cm³/mol. The van der Waals surface area contributed by atoms with Crippen molar-refractivity contribution in [1.29, 1.82) is 0 Å². The second kappa shape index (κ2) is 12.3. The van der Waals surface area contributed by atoms with Crippen molar-refractivity contribution in [3.05, 3.63) is 65.9 Å². The molecule has 1 aliphatic rings. The molecular weight excluding hydrogens is 472 g/mol. The van der Waals surface area contributed by atoms with Crippen LogP contribution >= 0.6 is 0 Å². The third kappa shape index (κ3) is 6.42. The van der Waals surface area contributed by atoms with Gasteiger partial charge in [0.15, 0.2) is 0 Å². The van der Waals surface area contributed by atoms with E-state index in [4.69, 9.17) is 18.9 Å². The van der Waals surface area contributed by atoms with Crippen molar-refractivity contribution in [3.8, 4) is 23.0 Å². The van der Waals surface area contributed by atoms with Crippen molar-refractivity contribution in [2.75, 3.05) is 64.8 Å². The lowest BCUT2D eigenvalue weighted by atomic mass is 10.1. The van der Waals surface area contributed by atoms with Gasteiger partial charge < -0.3 is 29.2 Å². The lowest BCUT2D eigenvalue weighted by Gasteiger charge is -2.23. The number of hydrogen-bond acceptors (Lipinski definition) is 8. The maximum Gasteiger partial charge on any atom is 0.259 e. The molecule has 196 valence electrons. The van der Waals surface area contributed by atoms with Crippen molar-refractivity contribution in [2.45, 2.75) is 13.0 Å². The maximum absolute atomic E-state index is 12.8. The number of ether oxygens (including phenoxy) is 4. The Balaban J connectivity index is 1.37. The highest BCUT2D eigenvalue weighted by atomic mass is 16.5. The van der Waals surface area contributed by atoms with Gasteiger partial charge in [-0.15, -0.1) is 0 Å². The van der Waals surface area contributed by atoms with Gasteiger partial charge in [-0.2, -0.15) is 0 Å². The van der Waals surface area contributed by atoms with Crippen molar-refractivity contribution >= 4 is 17.4 Å². The second-order valence-corrected chi connectivity index (χ2v) is 8.72. The number of anilines is 2. The molecule has 9 nitrogen and oxygen atoms in total. The fraction of sp³-hybridized carbons (Fsp3) is 0.357. The zero-order valence-electron chi connectivity index (χ0n) is 21.8. The minimum Gasteiger partial charge on any atom is -0.497 e. The van der Waals surface area contributed by atoms with Gasteiger partial charge in [-0.25, -0.2) is 4.98 Å². The molecule has 1 aromatic heterocycles. The molecule has 9 heteroatoms. The topological polar surface area (TPSA) is 85.4 Å². The van der Waals surface area contributed by atoms with Crippen LogP contribution in [0.3, 0.4) is 0 Å². The van der Waals surface area contributed by atoms with Crippen molar-refractivity contribution in [3.63, 3.8) is 0 Å². The summed E-state index contributed by atoms with van der Waals surface area (Å²) in [5, 5.41) is 2.90. The molecule has 0 saturated carbocycles. The number of hydrogen-bond donors (Lipinski definition) is 1. The summed E-state index contributed by atoms with van der Waals surface area (Å²) < 4.78 is 21.5. The van der Waals surface area contributed by atoms with E-state index in [0.717, 1.165) is 62.0 Å². The van der Waals surface area contributed by atoms with Gasteiger partial charge in [0.25, 0.3) is 5.91 Å². The minimum atomic E-state index is -0.271. The SMILES string of the molecule is COc1ccc(OC)c(CN2CCCN(c3ccc(NC(=O)c4ccc(OC)cc4OC)cn3)CC2)c1. The number of amides is 1. The lowest BCUT2D eigenvalue weighted by Crippen LogP contribution is -2.31. The molecular formula is C28H34N4O5. The van der Waals surface area contributed by atoms with E-state index in [1.807, 2.05) is 30.3 Å². The monoisotopic (exact) mass is 506 g/mol. The number of rotatable bonds is 9. The maximum atomic E-state index is 12.8. The van der Waals surface area contributed by atoms with Gasteiger partial charge >= 0.3 is 0 Å². The average molecular weight is 507 g/mol. The molecule has 1 N–H and O–H groups in total. The van der Waals surface area contributed by atoms with Crippen LogP contribution in [0, 0.1) is 0 Å². The Morgan fingerprint density at radius 2 is 1.59 bits per heavy atom. The Kier molecular flexibility index (Phi) is 8.68. The molecule has 1 aliphatic heterocycles. The zero-order valence-corrected chi connectivity index (χ0v) is 21.8.